The van der Waals surface area contributed by atoms with Crippen LogP contribution in [0.25, 0.3) is 0 Å². The average molecular weight is 509 g/mol. The molecule has 2 bridgehead atoms. The Hall–Kier alpha value is -4.05. The van der Waals surface area contributed by atoms with Crippen LogP contribution in [-0.4, -0.2) is 40.5 Å². The number of aryl methyl sites for hydroxylation is 1. The maximum atomic E-state index is 12.9. The first-order valence-corrected chi connectivity index (χ1v) is 11.7. The highest BCUT2D eigenvalue weighted by Gasteiger charge is 2.59. The lowest BCUT2D eigenvalue weighted by atomic mass is 9.85. The number of imide groups is 1. The third kappa shape index (κ3) is 4.24. The molecule has 0 radical (unpaired) electrons. The summed E-state index contributed by atoms with van der Waals surface area (Å²) in [5.74, 6) is -2.40. The van der Waals surface area contributed by atoms with E-state index in [1.54, 1.807) is 12.1 Å². The van der Waals surface area contributed by atoms with Crippen LogP contribution >= 0.6 is 11.6 Å². The molecule has 36 heavy (non-hydrogen) atoms. The van der Waals surface area contributed by atoms with Crippen molar-refractivity contribution in [3.8, 4) is 5.75 Å². The van der Waals surface area contributed by atoms with Crippen LogP contribution in [-0.2, 0) is 14.4 Å². The molecule has 0 unspecified atom stereocenters. The first-order valence-electron chi connectivity index (χ1n) is 11.3. The lowest BCUT2D eigenvalue weighted by molar-refractivity contribution is -0.385. The summed E-state index contributed by atoms with van der Waals surface area (Å²) in [5.41, 5.74) is 1.13. The van der Waals surface area contributed by atoms with E-state index in [0.29, 0.717) is 5.69 Å². The smallest absolute Gasteiger partial charge is 0.313 e. The van der Waals surface area contributed by atoms with Crippen molar-refractivity contribution < 1.29 is 24.0 Å². The number of nitro groups is 1. The Morgan fingerprint density at radius 1 is 1.19 bits per heavy atom. The predicted octanol–water partition coefficient (Wildman–Crippen LogP) is 3.72. The van der Waals surface area contributed by atoms with Crippen molar-refractivity contribution in [1.82, 2.24) is 5.01 Å². The molecule has 184 valence electrons. The summed E-state index contributed by atoms with van der Waals surface area (Å²) in [6, 6.07) is 9.53. The molecule has 4 atom stereocenters. The summed E-state index contributed by atoms with van der Waals surface area (Å²) in [6.45, 7) is 1.38. The third-order valence-electron chi connectivity index (χ3n) is 6.70. The van der Waals surface area contributed by atoms with E-state index >= 15 is 0 Å². The summed E-state index contributed by atoms with van der Waals surface area (Å²) < 4.78 is 5.53. The summed E-state index contributed by atoms with van der Waals surface area (Å²) in [7, 11) is 0. The van der Waals surface area contributed by atoms with Crippen LogP contribution in [0.5, 0.6) is 5.75 Å². The lowest BCUT2D eigenvalue weighted by Gasteiger charge is -2.13. The molecular weight excluding hydrogens is 488 g/mol. The molecule has 10 nitrogen and oxygen atoms in total. The minimum Gasteiger partial charge on any atom is -0.476 e. The number of rotatable bonds is 7. The number of nitrogens with zero attached hydrogens (tertiary/aromatic N) is 3. The molecule has 2 aliphatic carbocycles. The van der Waals surface area contributed by atoms with E-state index in [2.05, 4.69) is 10.4 Å². The summed E-state index contributed by atoms with van der Waals surface area (Å²) >= 11 is 6.07. The number of nitrogens with one attached hydrogen (secondary N) is 1. The van der Waals surface area contributed by atoms with Gasteiger partial charge < -0.3 is 10.1 Å². The monoisotopic (exact) mass is 508 g/mol. The number of amides is 3. The molecule has 2 fully saturated rings. The second kappa shape index (κ2) is 9.19. The van der Waals surface area contributed by atoms with E-state index in [1.165, 1.54) is 6.07 Å². The fraction of sp³-hybridized carbons (Fsp3) is 0.280. The fourth-order valence-electron chi connectivity index (χ4n) is 5.08. The van der Waals surface area contributed by atoms with Crippen LogP contribution in [0.4, 0.5) is 11.4 Å². The number of anilines is 1. The SMILES string of the molecule is Cc1ccc(NC(=O)COc2c(C=NN3C(=O)[C@@H]4[C@H](C3=O)[C@H]3C=C[C@H]4C3)cc(Cl)cc2[N+](=O)[O-])cc1. The van der Waals surface area contributed by atoms with Crippen molar-refractivity contribution >= 4 is 46.9 Å². The van der Waals surface area contributed by atoms with Crippen LogP contribution in [0.1, 0.15) is 17.5 Å². The minimum absolute atomic E-state index is 0.0230. The molecule has 3 amide bonds. The van der Waals surface area contributed by atoms with E-state index in [4.69, 9.17) is 16.3 Å². The molecule has 0 aromatic heterocycles. The van der Waals surface area contributed by atoms with Crippen molar-refractivity contribution in [2.75, 3.05) is 11.9 Å². The van der Waals surface area contributed by atoms with E-state index in [-0.39, 0.29) is 28.2 Å². The minimum atomic E-state index is -0.698. The van der Waals surface area contributed by atoms with E-state index < -0.39 is 46.8 Å². The van der Waals surface area contributed by atoms with E-state index in [0.717, 1.165) is 29.3 Å². The Bertz CT molecular complexity index is 1310. The molecule has 1 saturated carbocycles. The summed E-state index contributed by atoms with van der Waals surface area (Å²) in [5, 5.41) is 19.2. The number of carbonyl (C=O) groups excluding carboxylic acids is 3. The van der Waals surface area contributed by atoms with Gasteiger partial charge in [0.15, 0.2) is 6.61 Å². The molecule has 1 aliphatic heterocycles. The van der Waals surface area contributed by atoms with Crippen LogP contribution in [0.15, 0.2) is 53.7 Å². The van der Waals surface area contributed by atoms with Crippen molar-refractivity contribution in [2.45, 2.75) is 13.3 Å². The second-order valence-electron chi connectivity index (χ2n) is 9.04. The zero-order valence-corrected chi connectivity index (χ0v) is 19.8. The van der Waals surface area contributed by atoms with Crippen molar-refractivity contribution in [2.24, 2.45) is 28.8 Å². The zero-order valence-electron chi connectivity index (χ0n) is 19.1. The van der Waals surface area contributed by atoms with Crippen molar-refractivity contribution in [3.63, 3.8) is 0 Å². The van der Waals surface area contributed by atoms with Gasteiger partial charge in [0.25, 0.3) is 17.7 Å². The Balaban J connectivity index is 1.37. The highest BCUT2D eigenvalue weighted by Crippen LogP contribution is 2.52. The predicted molar refractivity (Wildman–Crippen MR) is 131 cm³/mol. The third-order valence-corrected chi connectivity index (χ3v) is 6.92. The molecule has 11 heteroatoms. The molecule has 1 saturated heterocycles. The van der Waals surface area contributed by atoms with Gasteiger partial charge in [0.1, 0.15) is 0 Å². The molecular formula is C25H21ClN4O6. The number of carbonyl (C=O) groups is 3. The number of nitro benzene ring substituents is 1. The highest BCUT2D eigenvalue weighted by atomic mass is 35.5. The van der Waals surface area contributed by atoms with Gasteiger partial charge in [-0.3, -0.25) is 24.5 Å². The van der Waals surface area contributed by atoms with Gasteiger partial charge in [-0.2, -0.15) is 10.1 Å². The number of hydrogen-bond acceptors (Lipinski definition) is 7. The number of hydrogen-bond donors (Lipinski definition) is 1. The van der Waals surface area contributed by atoms with Gasteiger partial charge in [0.2, 0.25) is 5.75 Å². The largest absolute Gasteiger partial charge is 0.476 e. The molecule has 1 heterocycles. The fourth-order valence-corrected chi connectivity index (χ4v) is 5.30. The van der Waals surface area contributed by atoms with Crippen molar-refractivity contribution in [3.05, 3.63) is 74.8 Å². The highest BCUT2D eigenvalue weighted by molar-refractivity contribution is 6.31. The van der Waals surface area contributed by atoms with Gasteiger partial charge >= 0.3 is 5.69 Å². The number of ether oxygens (including phenoxy) is 1. The average Bonchev–Trinajstić information content (AvgIpc) is 3.52. The normalized spacial score (nSPS) is 24.0. The molecule has 5 rings (SSSR count). The van der Waals surface area contributed by atoms with Crippen LogP contribution in [0.3, 0.4) is 0 Å². The molecule has 2 aromatic carbocycles. The van der Waals surface area contributed by atoms with Gasteiger partial charge in [-0.1, -0.05) is 41.4 Å². The van der Waals surface area contributed by atoms with Gasteiger partial charge in [-0.05, 0) is 43.4 Å². The molecule has 1 N–H and O–H groups in total. The molecule has 0 spiro atoms. The molecule has 2 aromatic rings. The topological polar surface area (TPSA) is 131 Å². The quantitative estimate of drug-likeness (QED) is 0.199. The number of halogens is 1. The van der Waals surface area contributed by atoms with Gasteiger partial charge in [-0.25, -0.2) is 0 Å². The summed E-state index contributed by atoms with van der Waals surface area (Å²) in [6.07, 6.45) is 5.85. The first kappa shape index (κ1) is 23.7. The standard InChI is InChI=1S/C25H21ClN4O6/c1-13-2-6-18(7-3-13)28-20(31)12-36-23-16(9-17(26)10-19(23)30(34)35)11-27-29-24(32)21-14-4-5-15(8-14)22(21)25(29)33/h2-7,9-11,14-15,21-22H,8,12H2,1H3,(H,28,31)/t14-,15-,21-,22+/m0/s1. The van der Waals surface area contributed by atoms with E-state index in [1.807, 2.05) is 31.2 Å². The lowest BCUT2D eigenvalue weighted by Crippen LogP contribution is -2.28. The summed E-state index contributed by atoms with van der Waals surface area (Å²) in [4.78, 5) is 49.1. The molecule has 3 aliphatic rings. The van der Waals surface area contributed by atoms with Crippen molar-refractivity contribution in [1.29, 1.82) is 0 Å². The van der Waals surface area contributed by atoms with Gasteiger partial charge in [0.05, 0.1) is 23.0 Å². The second-order valence-corrected chi connectivity index (χ2v) is 9.47. The van der Waals surface area contributed by atoms with Gasteiger partial charge in [0, 0.05) is 22.3 Å². The van der Waals surface area contributed by atoms with E-state index in [9.17, 15) is 24.5 Å². The Morgan fingerprint density at radius 3 is 2.44 bits per heavy atom. The van der Waals surface area contributed by atoms with Crippen LogP contribution in [0.2, 0.25) is 5.02 Å². The number of allylic oxidation sites excluding steroid dienone is 2. The van der Waals surface area contributed by atoms with Gasteiger partial charge in [-0.15, -0.1) is 0 Å². The Labute approximate surface area is 210 Å². The van der Waals surface area contributed by atoms with Crippen LogP contribution in [0, 0.1) is 40.7 Å². The zero-order chi connectivity index (χ0) is 25.6. The number of fused-ring (bicyclic) bond motifs is 5. The van der Waals surface area contributed by atoms with Crippen LogP contribution < -0.4 is 10.1 Å². The maximum Gasteiger partial charge on any atom is 0.313 e. The Morgan fingerprint density at radius 2 is 1.83 bits per heavy atom. The number of benzene rings is 2. The Kier molecular flexibility index (Phi) is 6.05. The first-order chi connectivity index (χ1) is 17.2. The number of hydrazone groups is 1. The maximum absolute atomic E-state index is 12.9.